The molecule has 0 bridgehead atoms. The van der Waals surface area contributed by atoms with Gasteiger partial charge in [-0.15, -0.1) is 0 Å². The van der Waals surface area contributed by atoms with E-state index in [1.807, 2.05) is 73.7 Å². The van der Waals surface area contributed by atoms with Gasteiger partial charge in [0, 0.05) is 30.3 Å². The monoisotopic (exact) mass is 480 g/mol. The Kier molecular flexibility index (Phi) is 6.57. The lowest BCUT2D eigenvalue weighted by Crippen LogP contribution is -2.03. The summed E-state index contributed by atoms with van der Waals surface area (Å²) < 4.78 is 18.7. The minimum absolute atomic E-state index is 0.250. The highest BCUT2D eigenvalue weighted by Gasteiger charge is 2.15. The van der Waals surface area contributed by atoms with Crippen LogP contribution < -0.4 is 9.47 Å². The van der Waals surface area contributed by atoms with Gasteiger partial charge in [0.25, 0.3) is 0 Å². The van der Waals surface area contributed by atoms with Crippen LogP contribution in [-0.4, -0.2) is 25.7 Å². The molecule has 8 heteroatoms. The molecule has 180 valence electrons. The predicted octanol–water partition coefficient (Wildman–Crippen LogP) is 5.46. The fourth-order valence-electron chi connectivity index (χ4n) is 3.69. The van der Waals surface area contributed by atoms with Crippen LogP contribution in [0.2, 0.25) is 0 Å². The first kappa shape index (κ1) is 23.0. The Labute approximate surface area is 208 Å². The summed E-state index contributed by atoms with van der Waals surface area (Å²) in [6, 6.07) is 23.1. The maximum Gasteiger partial charge on any atom is 0.308 e. The third-order valence-electron chi connectivity index (χ3n) is 5.44. The van der Waals surface area contributed by atoms with Gasteiger partial charge in [-0.05, 0) is 24.6 Å². The minimum atomic E-state index is -0.395. The molecule has 0 fully saturated rings. The summed E-state index contributed by atoms with van der Waals surface area (Å²) in [6.45, 7) is 3.95. The van der Waals surface area contributed by atoms with E-state index in [4.69, 9.17) is 13.9 Å². The van der Waals surface area contributed by atoms with Gasteiger partial charge in [-0.1, -0.05) is 54.6 Å². The SMILES string of the molecule is CC(=O)Oc1cn(Cc2ccc(OCc3nc(-c4ccccc4)oc3C)nc2)nc1-c1ccccc1. The molecule has 8 nitrogen and oxygen atoms in total. The molecular weight excluding hydrogens is 456 g/mol. The number of benzene rings is 2. The van der Waals surface area contributed by atoms with Crippen molar-refractivity contribution in [2.75, 3.05) is 0 Å². The van der Waals surface area contributed by atoms with Gasteiger partial charge in [0.15, 0.2) is 5.75 Å². The van der Waals surface area contributed by atoms with Gasteiger partial charge in [0.2, 0.25) is 11.8 Å². The second-order valence-corrected chi connectivity index (χ2v) is 8.18. The third-order valence-corrected chi connectivity index (χ3v) is 5.44. The lowest BCUT2D eigenvalue weighted by Gasteiger charge is -2.05. The minimum Gasteiger partial charge on any atom is -0.471 e. The number of pyridine rings is 1. The van der Waals surface area contributed by atoms with Gasteiger partial charge >= 0.3 is 5.97 Å². The van der Waals surface area contributed by atoms with E-state index in [-0.39, 0.29) is 6.61 Å². The fraction of sp³-hybridized carbons (Fsp3) is 0.143. The van der Waals surface area contributed by atoms with Crippen molar-refractivity contribution in [2.24, 2.45) is 0 Å². The predicted molar refractivity (Wildman–Crippen MR) is 133 cm³/mol. The van der Waals surface area contributed by atoms with Crippen LogP contribution in [0.3, 0.4) is 0 Å². The summed E-state index contributed by atoms with van der Waals surface area (Å²) in [6.07, 6.45) is 3.45. The summed E-state index contributed by atoms with van der Waals surface area (Å²) >= 11 is 0. The average Bonchev–Trinajstić information content (AvgIpc) is 3.47. The maximum atomic E-state index is 11.6. The molecule has 0 saturated heterocycles. The first-order valence-electron chi connectivity index (χ1n) is 11.5. The summed E-state index contributed by atoms with van der Waals surface area (Å²) in [4.78, 5) is 20.5. The molecule has 36 heavy (non-hydrogen) atoms. The van der Waals surface area contributed by atoms with Crippen LogP contribution in [0.25, 0.3) is 22.7 Å². The van der Waals surface area contributed by atoms with E-state index in [1.165, 1.54) is 6.92 Å². The number of hydrogen-bond donors (Lipinski definition) is 0. The zero-order valence-electron chi connectivity index (χ0n) is 19.9. The molecule has 2 aromatic carbocycles. The first-order chi connectivity index (χ1) is 17.5. The van der Waals surface area contributed by atoms with Crippen LogP contribution in [0.5, 0.6) is 11.6 Å². The molecule has 0 radical (unpaired) electrons. The highest BCUT2D eigenvalue weighted by molar-refractivity contribution is 5.74. The van der Waals surface area contributed by atoms with Crippen molar-refractivity contribution in [3.8, 4) is 34.3 Å². The van der Waals surface area contributed by atoms with E-state index in [2.05, 4.69) is 15.1 Å². The van der Waals surface area contributed by atoms with E-state index >= 15 is 0 Å². The van der Waals surface area contributed by atoms with Gasteiger partial charge in [-0.25, -0.2) is 9.97 Å². The quantitative estimate of drug-likeness (QED) is 0.272. The van der Waals surface area contributed by atoms with Crippen LogP contribution in [-0.2, 0) is 17.9 Å². The molecule has 0 spiro atoms. The van der Waals surface area contributed by atoms with E-state index in [9.17, 15) is 4.79 Å². The van der Waals surface area contributed by atoms with Gasteiger partial charge in [0.05, 0.1) is 12.7 Å². The molecule has 3 heterocycles. The summed E-state index contributed by atoms with van der Waals surface area (Å²) in [5.74, 6) is 1.78. The maximum absolute atomic E-state index is 11.6. The number of hydrogen-bond acceptors (Lipinski definition) is 7. The molecule has 3 aromatic heterocycles. The Morgan fingerprint density at radius 2 is 1.69 bits per heavy atom. The van der Waals surface area contributed by atoms with Crippen molar-refractivity contribution in [2.45, 2.75) is 27.0 Å². The molecule has 0 aliphatic heterocycles. The molecular formula is C28H24N4O4. The number of nitrogens with zero attached hydrogens (tertiary/aromatic N) is 4. The number of esters is 1. The average molecular weight is 481 g/mol. The first-order valence-corrected chi connectivity index (χ1v) is 11.5. The van der Waals surface area contributed by atoms with Crippen molar-refractivity contribution in [3.63, 3.8) is 0 Å². The summed E-state index contributed by atoms with van der Waals surface area (Å²) in [5.41, 5.74) is 4.04. The number of aromatic nitrogens is 4. The number of aryl methyl sites for hydroxylation is 1. The van der Waals surface area contributed by atoms with E-state index in [0.29, 0.717) is 35.5 Å². The smallest absolute Gasteiger partial charge is 0.308 e. The molecule has 0 amide bonds. The Bertz CT molecular complexity index is 1460. The molecule has 0 aliphatic carbocycles. The molecule has 0 atom stereocenters. The highest BCUT2D eigenvalue weighted by atomic mass is 16.5. The molecule has 0 aliphatic rings. The topological polar surface area (TPSA) is 92.3 Å². The standard InChI is InChI=1S/C28H24N4O4/c1-19-24(30-28(35-19)23-11-7-4-8-12-23)18-34-26-14-13-21(15-29-26)16-32-17-25(36-20(2)33)27(31-32)22-9-5-3-6-10-22/h3-15,17H,16,18H2,1-2H3. The van der Waals surface area contributed by atoms with Crippen LogP contribution in [0, 0.1) is 6.92 Å². The second-order valence-electron chi connectivity index (χ2n) is 8.18. The molecule has 5 rings (SSSR count). The number of rotatable bonds is 8. The van der Waals surface area contributed by atoms with Gasteiger partial charge < -0.3 is 13.9 Å². The van der Waals surface area contributed by atoms with Crippen molar-refractivity contribution in [1.29, 1.82) is 0 Å². The number of carbonyl (C=O) groups is 1. The number of oxazole rings is 1. The Morgan fingerprint density at radius 1 is 0.972 bits per heavy atom. The van der Waals surface area contributed by atoms with Crippen LogP contribution >= 0.6 is 0 Å². The highest BCUT2D eigenvalue weighted by Crippen LogP contribution is 2.29. The van der Waals surface area contributed by atoms with Crippen LogP contribution in [0.1, 0.15) is 23.9 Å². The summed E-state index contributed by atoms with van der Waals surface area (Å²) in [7, 11) is 0. The van der Waals surface area contributed by atoms with Crippen molar-refractivity contribution in [3.05, 3.63) is 102 Å². The van der Waals surface area contributed by atoms with Gasteiger partial charge in [0.1, 0.15) is 23.8 Å². The molecule has 0 N–H and O–H groups in total. The van der Waals surface area contributed by atoms with Crippen molar-refractivity contribution < 1.29 is 18.7 Å². The fourth-order valence-corrected chi connectivity index (χ4v) is 3.69. The van der Waals surface area contributed by atoms with Gasteiger partial charge in [-0.3, -0.25) is 9.48 Å². The second kappa shape index (κ2) is 10.3. The molecule has 5 aromatic rings. The number of ether oxygens (including phenoxy) is 2. The zero-order chi connectivity index (χ0) is 24.9. The molecule has 0 unspecified atom stereocenters. The Hall–Kier alpha value is -4.72. The Balaban J connectivity index is 1.26. The lowest BCUT2D eigenvalue weighted by molar-refractivity contribution is -0.131. The summed E-state index contributed by atoms with van der Waals surface area (Å²) in [5, 5.41) is 4.63. The van der Waals surface area contributed by atoms with Crippen molar-refractivity contribution in [1.82, 2.24) is 19.7 Å². The third kappa shape index (κ3) is 5.33. The normalized spacial score (nSPS) is 10.8. The van der Waals surface area contributed by atoms with E-state index < -0.39 is 5.97 Å². The Morgan fingerprint density at radius 3 is 2.36 bits per heavy atom. The molecule has 0 saturated carbocycles. The van der Waals surface area contributed by atoms with Crippen molar-refractivity contribution >= 4 is 5.97 Å². The number of carbonyl (C=O) groups excluding carboxylic acids is 1. The van der Waals surface area contributed by atoms with Crippen LogP contribution in [0.4, 0.5) is 0 Å². The van der Waals surface area contributed by atoms with E-state index in [0.717, 1.165) is 22.4 Å². The van der Waals surface area contributed by atoms with E-state index in [1.54, 1.807) is 23.1 Å². The lowest BCUT2D eigenvalue weighted by atomic mass is 10.1. The largest absolute Gasteiger partial charge is 0.471 e. The zero-order valence-corrected chi connectivity index (χ0v) is 19.9. The van der Waals surface area contributed by atoms with Gasteiger partial charge in [-0.2, -0.15) is 5.10 Å². The van der Waals surface area contributed by atoms with Crippen LogP contribution in [0.15, 0.2) is 89.6 Å².